The van der Waals surface area contributed by atoms with Crippen LogP contribution in [0.2, 0.25) is 0 Å². The zero-order valence-electron chi connectivity index (χ0n) is 13.6. The molecule has 128 valence electrons. The molecule has 0 saturated heterocycles. The zero-order valence-corrected chi connectivity index (χ0v) is 15.2. The summed E-state index contributed by atoms with van der Waals surface area (Å²) in [5.74, 6) is -0.393. The minimum Gasteiger partial charge on any atom is -0.298 e. The Morgan fingerprint density at radius 2 is 2.04 bits per heavy atom. The van der Waals surface area contributed by atoms with Crippen molar-refractivity contribution in [2.45, 2.75) is 11.8 Å². The van der Waals surface area contributed by atoms with Gasteiger partial charge in [-0.3, -0.25) is 15.1 Å². The molecule has 0 radical (unpaired) electrons. The van der Waals surface area contributed by atoms with Gasteiger partial charge in [0.05, 0.1) is 10.6 Å². The van der Waals surface area contributed by atoms with Gasteiger partial charge in [-0.25, -0.2) is 13.4 Å². The highest BCUT2D eigenvalue weighted by Gasteiger charge is 2.16. The number of thiazole rings is 1. The number of aromatic nitrogens is 2. The molecule has 3 aromatic rings. The van der Waals surface area contributed by atoms with E-state index < -0.39 is 15.7 Å². The van der Waals surface area contributed by atoms with Crippen LogP contribution in [0.3, 0.4) is 0 Å². The summed E-state index contributed by atoms with van der Waals surface area (Å²) in [6, 6.07) is 8.19. The number of sulfone groups is 1. The van der Waals surface area contributed by atoms with Gasteiger partial charge in [0.2, 0.25) is 0 Å². The Morgan fingerprint density at radius 1 is 1.24 bits per heavy atom. The summed E-state index contributed by atoms with van der Waals surface area (Å²) in [4.78, 5) is 21.0. The molecule has 25 heavy (non-hydrogen) atoms. The maximum atomic E-state index is 12.5. The van der Waals surface area contributed by atoms with Crippen molar-refractivity contribution in [1.82, 2.24) is 9.97 Å². The maximum Gasteiger partial charge on any atom is 0.257 e. The SMILES string of the molecule is Cc1ccc(S(C)(=O)=O)cc1C(=O)Nc1nc(-c2cccnc2)cs1. The summed E-state index contributed by atoms with van der Waals surface area (Å²) < 4.78 is 23.4. The molecule has 2 aromatic heterocycles. The summed E-state index contributed by atoms with van der Waals surface area (Å²) in [7, 11) is -3.38. The standard InChI is InChI=1S/C17H15N3O3S2/c1-11-5-6-13(25(2,22)23)8-14(11)16(21)20-17-19-15(10-24-17)12-4-3-7-18-9-12/h3-10H,1-2H3,(H,19,20,21). The van der Waals surface area contributed by atoms with Gasteiger partial charge in [0.25, 0.3) is 5.91 Å². The molecule has 1 N–H and O–H groups in total. The van der Waals surface area contributed by atoms with Crippen LogP contribution in [0.1, 0.15) is 15.9 Å². The number of anilines is 1. The second-order valence-electron chi connectivity index (χ2n) is 5.48. The number of rotatable bonds is 4. The summed E-state index contributed by atoms with van der Waals surface area (Å²) >= 11 is 1.29. The van der Waals surface area contributed by atoms with Gasteiger partial charge in [0.1, 0.15) is 0 Å². The molecule has 0 spiro atoms. The quantitative estimate of drug-likeness (QED) is 0.759. The lowest BCUT2D eigenvalue weighted by Gasteiger charge is -2.07. The minimum absolute atomic E-state index is 0.110. The van der Waals surface area contributed by atoms with Crippen molar-refractivity contribution in [2.24, 2.45) is 0 Å². The molecule has 0 aliphatic carbocycles. The van der Waals surface area contributed by atoms with Crippen LogP contribution < -0.4 is 5.32 Å². The fourth-order valence-electron chi connectivity index (χ4n) is 2.22. The third kappa shape index (κ3) is 3.92. The van der Waals surface area contributed by atoms with Gasteiger partial charge in [0, 0.05) is 35.2 Å². The largest absolute Gasteiger partial charge is 0.298 e. The number of carbonyl (C=O) groups is 1. The van der Waals surface area contributed by atoms with Crippen molar-refractivity contribution in [3.8, 4) is 11.3 Å². The van der Waals surface area contributed by atoms with Crippen LogP contribution in [0.5, 0.6) is 0 Å². The first-order valence-electron chi connectivity index (χ1n) is 7.32. The number of nitrogens with zero attached hydrogens (tertiary/aromatic N) is 2. The van der Waals surface area contributed by atoms with Crippen molar-refractivity contribution < 1.29 is 13.2 Å². The highest BCUT2D eigenvalue weighted by Crippen LogP contribution is 2.25. The van der Waals surface area contributed by atoms with Gasteiger partial charge in [-0.1, -0.05) is 6.07 Å². The normalized spacial score (nSPS) is 11.3. The Morgan fingerprint density at radius 3 is 2.72 bits per heavy atom. The molecule has 0 bridgehead atoms. The molecule has 6 nitrogen and oxygen atoms in total. The van der Waals surface area contributed by atoms with Crippen LogP contribution in [0, 0.1) is 6.92 Å². The van der Waals surface area contributed by atoms with E-state index in [1.807, 2.05) is 17.5 Å². The van der Waals surface area contributed by atoms with E-state index in [9.17, 15) is 13.2 Å². The number of hydrogen-bond donors (Lipinski definition) is 1. The molecule has 0 unspecified atom stereocenters. The smallest absolute Gasteiger partial charge is 0.257 e. The van der Waals surface area contributed by atoms with Gasteiger partial charge in [-0.15, -0.1) is 11.3 Å². The Labute approximate surface area is 149 Å². The first-order chi connectivity index (χ1) is 11.8. The fraction of sp³-hybridized carbons (Fsp3) is 0.118. The van der Waals surface area contributed by atoms with E-state index in [-0.39, 0.29) is 4.90 Å². The zero-order chi connectivity index (χ0) is 18.0. The lowest BCUT2D eigenvalue weighted by atomic mass is 10.1. The van der Waals surface area contributed by atoms with Crippen molar-refractivity contribution >= 4 is 32.2 Å². The molecule has 0 atom stereocenters. The summed E-state index contributed by atoms with van der Waals surface area (Å²) in [5, 5.41) is 4.98. The van der Waals surface area contributed by atoms with E-state index in [0.717, 1.165) is 17.5 Å². The monoisotopic (exact) mass is 373 g/mol. The molecular formula is C17H15N3O3S2. The second kappa shape index (κ2) is 6.73. The first kappa shape index (κ1) is 17.2. The Bertz CT molecular complexity index is 1030. The van der Waals surface area contributed by atoms with Crippen LogP contribution in [0.4, 0.5) is 5.13 Å². The Kier molecular flexibility index (Phi) is 4.65. The minimum atomic E-state index is -3.38. The van der Waals surface area contributed by atoms with Gasteiger partial charge in [-0.05, 0) is 36.8 Å². The number of carbonyl (C=O) groups excluding carboxylic acids is 1. The third-order valence-electron chi connectivity index (χ3n) is 3.56. The molecule has 0 saturated carbocycles. The van der Waals surface area contributed by atoms with Gasteiger partial charge in [0.15, 0.2) is 15.0 Å². The summed E-state index contributed by atoms with van der Waals surface area (Å²) in [6.07, 6.45) is 4.48. The van der Waals surface area contributed by atoms with Crippen molar-refractivity contribution in [1.29, 1.82) is 0 Å². The third-order valence-corrected chi connectivity index (χ3v) is 5.43. The van der Waals surface area contributed by atoms with Crippen molar-refractivity contribution in [3.63, 3.8) is 0 Å². The molecular weight excluding hydrogens is 358 g/mol. The van der Waals surface area contributed by atoms with Gasteiger partial charge >= 0.3 is 0 Å². The van der Waals surface area contributed by atoms with E-state index in [0.29, 0.717) is 16.3 Å². The van der Waals surface area contributed by atoms with Crippen LogP contribution in [0.15, 0.2) is 53.0 Å². The number of aryl methyl sites for hydroxylation is 1. The van der Waals surface area contributed by atoms with Crippen molar-refractivity contribution in [2.75, 3.05) is 11.6 Å². The lowest BCUT2D eigenvalue weighted by Crippen LogP contribution is -2.14. The summed E-state index contributed by atoms with van der Waals surface area (Å²) in [5.41, 5.74) is 2.57. The molecule has 2 heterocycles. The summed E-state index contributed by atoms with van der Waals surface area (Å²) in [6.45, 7) is 1.75. The van der Waals surface area contributed by atoms with Gasteiger partial charge < -0.3 is 0 Å². The number of pyridine rings is 1. The molecule has 1 amide bonds. The van der Waals surface area contributed by atoms with Crippen LogP contribution in [-0.4, -0.2) is 30.5 Å². The van der Waals surface area contributed by atoms with E-state index >= 15 is 0 Å². The second-order valence-corrected chi connectivity index (χ2v) is 8.36. The molecule has 0 aliphatic heterocycles. The van der Waals surface area contributed by atoms with Crippen LogP contribution in [-0.2, 0) is 9.84 Å². The van der Waals surface area contributed by atoms with E-state index in [2.05, 4.69) is 15.3 Å². The van der Waals surface area contributed by atoms with Crippen molar-refractivity contribution in [3.05, 3.63) is 59.2 Å². The van der Waals surface area contributed by atoms with E-state index in [1.54, 1.807) is 25.4 Å². The topological polar surface area (TPSA) is 89.0 Å². The number of amides is 1. The predicted octanol–water partition coefficient (Wildman–Crippen LogP) is 3.17. The highest BCUT2D eigenvalue weighted by molar-refractivity contribution is 7.90. The fourth-order valence-corrected chi connectivity index (χ4v) is 3.58. The van der Waals surface area contributed by atoms with E-state index in [4.69, 9.17) is 0 Å². The van der Waals surface area contributed by atoms with Gasteiger partial charge in [-0.2, -0.15) is 0 Å². The molecule has 8 heteroatoms. The number of nitrogens with one attached hydrogen (secondary N) is 1. The molecule has 0 aliphatic rings. The molecule has 1 aromatic carbocycles. The average Bonchev–Trinajstić information content (AvgIpc) is 3.03. The average molecular weight is 373 g/mol. The van der Waals surface area contributed by atoms with E-state index in [1.165, 1.54) is 23.5 Å². The Hall–Kier alpha value is -2.58. The number of benzene rings is 1. The van der Waals surface area contributed by atoms with Crippen LogP contribution in [0.25, 0.3) is 11.3 Å². The lowest BCUT2D eigenvalue weighted by molar-refractivity contribution is 0.102. The first-order valence-corrected chi connectivity index (χ1v) is 10.1. The number of hydrogen-bond acceptors (Lipinski definition) is 6. The highest BCUT2D eigenvalue weighted by atomic mass is 32.2. The predicted molar refractivity (Wildman–Crippen MR) is 97.6 cm³/mol. The maximum absolute atomic E-state index is 12.5. The Balaban J connectivity index is 1.85. The molecule has 3 rings (SSSR count). The van der Waals surface area contributed by atoms with Crippen LogP contribution >= 0.6 is 11.3 Å². The molecule has 0 fully saturated rings.